The van der Waals surface area contributed by atoms with Crippen molar-refractivity contribution < 1.29 is 23.8 Å². The van der Waals surface area contributed by atoms with Crippen LogP contribution in [0.25, 0.3) is 6.08 Å². The number of halogens is 2. The van der Waals surface area contributed by atoms with Crippen LogP contribution >= 0.6 is 39.3 Å². The Bertz CT molecular complexity index is 1010. The fourth-order valence-electron chi connectivity index (χ4n) is 2.91. The van der Waals surface area contributed by atoms with E-state index < -0.39 is 0 Å². The number of rotatable bonds is 10. The highest BCUT2D eigenvalue weighted by molar-refractivity contribution is 9.10. The highest BCUT2D eigenvalue weighted by Crippen LogP contribution is 2.39. The summed E-state index contributed by atoms with van der Waals surface area (Å²) in [5.74, 6) is 1.48. The van der Waals surface area contributed by atoms with E-state index in [-0.39, 0.29) is 24.3 Å². The van der Waals surface area contributed by atoms with E-state index in [9.17, 15) is 9.59 Å². The summed E-state index contributed by atoms with van der Waals surface area (Å²) in [5.41, 5.74) is 0.729. The third-order valence-corrected chi connectivity index (χ3v) is 6.10. The van der Waals surface area contributed by atoms with Crippen LogP contribution in [0.15, 0.2) is 45.8 Å². The number of hydrogen-bond donors (Lipinski definition) is 0. The molecule has 1 aliphatic rings. The molecule has 0 bridgehead atoms. The number of hydrogen-bond acceptors (Lipinski definition) is 6. The van der Waals surface area contributed by atoms with Gasteiger partial charge in [0, 0.05) is 5.02 Å². The Morgan fingerprint density at radius 3 is 2.50 bits per heavy atom. The van der Waals surface area contributed by atoms with Gasteiger partial charge in [0.1, 0.15) is 12.4 Å². The molecule has 2 aromatic carbocycles. The molecule has 2 aromatic rings. The van der Waals surface area contributed by atoms with Crippen LogP contribution < -0.4 is 14.2 Å². The van der Waals surface area contributed by atoms with Crippen LogP contribution in [0.3, 0.4) is 0 Å². The normalized spacial score (nSPS) is 14.9. The van der Waals surface area contributed by atoms with Crippen molar-refractivity contribution in [3.63, 3.8) is 0 Å². The van der Waals surface area contributed by atoms with Crippen molar-refractivity contribution in [1.82, 2.24) is 4.90 Å². The molecule has 1 aliphatic heterocycles. The second-order valence-corrected chi connectivity index (χ2v) is 9.03. The number of ether oxygens (including phenoxy) is 3. The van der Waals surface area contributed by atoms with Gasteiger partial charge in [-0.2, -0.15) is 0 Å². The van der Waals surface area contributed by atoms with Gasteiger partial charge in [-0.3, -0.25) is 14.5 Å². The molecule has 2 amide bonds. The van der Waals surface area contributed by atoms with Crippen molar-refractivity contribution in [3.05, 3.63) is 56.4 Å². The van der Waals surface area contributed by atoms with E-state index in [2.05, 4.69) is 15.9 Å². The Hall–Kier alpha value is -2.16. The molecule has 3 rings (SSSR count). The maximum Gasteiger partial charge on any atom is 0.293 e. The Labute approximate surface area is 205 Å². The molecular formula is C23H23BrClNO5S. The fourth-order valence-corrected chi connectivity index (χ4v) is 4.47. The number of amides is 2. The van der Waals surface area contributed by atoms with Crippen molar-refractivity contribution >= 4 is 56.5 Å². The number of nitrogens with zero attached hydrogens (tertiary/aromatic N) is 1. The molecule has 0 N–H and O–H groups in total. The van der Waals surface area contributed by atoms with Gasteiger partial charge in [0.05, 0.1) is 29.1 Å². The first kappa shape index (κ1) is 24.5. The largest absolute Gasteiger partial charge is 0.492 e. The van der Waals surface area contributed by atoms with Crippen LogP contribution in [0.5, 0.6) is 17.2 Å². The third kappa shape index (κ3) is 6.21. The van der Waals surface area contributed by atoms with Crippen molar-refractivity contribution in [2.45, 2.75) is 20.3 Å². The van der Waals surface area contributed by atoms with E-state index in [1.54, 1.807) is 36.4 Å². The summed E-state index contributed by atoms with van der Waals surface area (Å²) < 4.78 is 17.8. The molecule has 0 atom stereocenters. The smallest absolute Gasteiger partial charge is 0.293 e. The number of carbonyl (C=O) groups is 2. The standard InChI is InChI=1S/C23H23BrClNO5S/c1-3-10-31-21-18(24)12-15(13-19(21)29-4-2)14-20-22(27)26(23(28)32-20)9-11-30-17-7-5-16(25)6-8-17/h5-8,12-14H,3-4,9-11H2,1-2H3/b20-14-. The first-order valence-electron chi connectivity index (χ1n) is 10.2. The second kappa shape index (κ2) is 11.6. The number of thioether (sulfide) groups is 1. The fraction of sp³-hybridized carbons (Fsp3) is 0.304. The molecule has 1 heterocycles. The van der Waals surface area contributed by atoms with Crippen LogP contribution in [0, 0.1) is 0 Å². The van der Waals surface area contributed by atoms with Crippen molar-refractivity contribution in [1.29, 1.82) is 0 Å². The van der Waals surface area contributed by atoms with Gasteiger partial charge in [-0.25, -0.2) is 0 Å². The quantitative estimate of drug-likeness (QED) is 0.325. The number of carbonyl (C=O) groups excluding carboxylic acids is 2. The Morgan fingerprint density at radius 1 is 1.06 bits per heavy atom. The highest BCUT2D eigenvalue weighted by atomic mass is 79.9. The molecule has 0 spiro atoms. The zero-order valence-electron chi connectivity index (χ0n) is 17.7. The van der Waals surface area contributed by atoms with Gasteiger partial charge in [-0.05, 0) is 89.1 Å². The maximum absolute atomic E-state index is 12.8. The summed E-state index contributed by atoms with van der Waals surface area (Å²) >= 11 is 10.3. The Morgan fingerprint density at radius 2 is 1.81 bits per heavy atom. The average molecular weight is 541 g/mol. The van der Waals surface area contributed by atoms with Gasteiger partial charge in [0.25, 0.3) is 11.1 Å². The van der Waals surface area contributed by atoms with Crippen molar-refractivity contribution in [2.75, 3.05) is 26.4 Å². The molecule has 0 aromatic heterocycles. The van der Waals surface area contributed by atoms with Gasteiger partial charge in [-0.1, -0.05) is 18.5 Å². The minimum absolute atomic E-state index is 0.155. The van der Waals surface area contributed by atoms with Crippen molar-refractivity contribution in [2.24, 2.45) is 0 Å². The predicted molar refractivity (Wildman–Crippen MR) is 131 cm³/mol. The highest BCUT2D eigenvalue weighted by Gasteiger charge is 2.34. The lowest BCUT2D eigenvalue weighted by Crippen LogP contribution is -2.32. The monoisotopic (exact) mass is 539 g/mol. The van der Waals surface area contributed by atoms with Gasteiger partial charge in [0.15, 0.2) is 11.5 Å². The van der Waals surface area contributed by atoms with Crippen LogP contribution in [0.2, 0.25) is 5.02 Å². The minimum Gasteiger partial charge on any atom is -0.492 e. The lowest BCUT2D eigenvalue weighted by Gasteiger charge is -2.14. The summed E-state index contributed by atoms with van der Waals surface area (Å²) in [6, 6.07) is 10.5. The predicted octanol–water partition coefficient (Wildman–Crippen LogP) is 6.41. The zero-order valence-corrected chi connectivity index (χ0v) is 20.9. The molecule has 32 heavy (non-hydrogen) atoms. The molecule has 9 heteroatoms. The lowest BCUT2D eigenvalue weighted by atomic mass is 10.2. The number of benzene rings is 2. The summed E-state index contributed by atoms with van der Waals surface area (Å²) in [5, 5.41) is 0.283. The van der Waals surface area contributed by atoms with Gasteiger partial charge in [-0.15, -0.1) is 0 Å². The Balaban J connectivity index is 1.71. The van der Waals surface area contributed by atoms with Crippen LogP contribution in [0.4, 0.5) is 4.79 Å². The van der Waals surface area contributed by atoms with Crippen LogP contribution in [0.1, 0.15) is 25.8 Å². The Kier molecular flexibility index (Phi) is 8.90. The first-order valence-corrected chi connectivity index (χ1v) is 12.1. The van der Waals surface area contributed by atoms with E-state index >= 15 is 0 Å². The zero-order chi connectivity index (χ0) is 23.1. The van der Waals surface area contributed by atoms with E-state index in [0.29, 0.717) is 40.4 Å². The minimum atomic E-state index is -0.347. The van der Waals surface area contributed by atoms with Crippen molar-refractivity contribution in [3.8, 4) is 17.2 Å². The molecule has 1 saturated heterocycles. The van der Waals surface area contributed by atoms with E-state index in [4.69, 9.17) is 25.8 Å². The van der Waals surface area contributed by atoms with Gasteiger partial charge < -0.3 is 14.2 Å². The van der Waals surface area contributed by atoms with E-state index in [1.807, 2.05) is 19.9 Å². The summed E-state index contributed by atoms with van der Waals surface area (Å²) in [7, 11) is 0. The second-order valence-electron chi connectivity index (χ2n) is 6.75. The molecule has 0 unspecified atom stereocenters. The SMILES string of the molecule is CCCOc1c(Br)cc(/C=C2\SC(=O)N(CCOc3ccc(Cl)cc3)C2=O)cc1OCC. The first-order chi connectivity index (χ1) is 15.4. The molecule has 0 aliphatic carbocycles. The van der Waals surface area contributed by atoms with Gasteiger partial charge >= 0.3 is 0 Å². The molecular weight excluding hydrogens is 518 g/mol. The van der Waals surface area contributed by atoms with E-state index in [0.717, 1.165) is 28.2 Å². The molecule has 170 valence electrons. The molecule has 0 radical (unpaired) electrons. The molecule has 1 fully saturated rings. The molecule has 6 nitrogen and oxygen atoms in total. The van der Waals surface area contributed by atoms with Crippen LogP contribution in [-0.4, -0.2) is 42.4 Å². The van der Waals surface area contributed by atoms with E-state index in [1.165, 1.54) is 4.90 Å². The number of imide groups is 1. The maximum atomic E-state index is 12.8. The van der Waals surface area contributed by atoms with Gasteiger partial charge in [0.2, 0.25) is 0 Å². The van der Waals surface area contributed by atoms with Crippen LogP contribution in [-0.2, 0) is 4.79 Å². The lowest BCUT2D eigenvalue weighted by molar-refractivity contribution is -0.123. The third-order valence-electron chi connectivity index (χ3n) is 4.35. The molecule has 0 saturated carbocycles. The summed E-state index contributed by atoms with van der Waals surface area (Å²) in [6.45, 7) is 5.30. The summed E-state index contributed by atoms with van der Waals surface area (Å²) in [6.07, 6.45) is 2.55. The average Bonchev–Trinajstić information content (AvgIpc) is 3.02. The summed E-state index contributed by atoms with van der Waals surface area (Å²) in [4.78, 5) is 26.7. The topological polar surface area (TPSA) is 65.1 Å².